The smallest absolute Gasteiger partial charge is 0.223 e. The quantitative estimate of drug-likeness (QED) is 0.694. The number of pyridine rings is 1. The van der Waals surface area contributed by atoms with Crippen molar-refractivity contribution in [3.63, 3.8) is 0 Å². The highest BCUT2D eigenvalue weighted by molar-refractivity contribution is 5.59. The maximum atomic E-state index is 5.90. The molecule has 0 aromatic carbocycles. The van der Waals surface area contributed by atoms with Crippen molar-refractivity contribution in [2.75, 3.05) is 5.32 Å². The van der Waals surface area contributed by atoms with Crippen LogP contribution in [0.25, 0.3) is 11.3 Å². The molecule has 0 unspecified atom stereocenters. The van der Waals surface area contributed by atoms with E-state index in [-0.39, 0.29) is 11.1 Å². The largest absolute Gasteiger partial charge is 0.351 e. The van der Waals surface area contributed by atoms with Crippen LogP contribution in [0.15, 0.2) is 30.6 Å². The van der Waals surface area contributed by atoms with Gasteiger partial charge in [-0.1, -0.05) is 5.92 Å². The SMILES string of the molecule is CC(C)(N)C#Cc1ccc(-c2ccnc(NC3CC(C)(C)NC(C)(C)C3)n2)cn1. The average Bonchev–Trinajstić information content (AvgIpc) is 2.57. The van der Waals surface area contributed by atoms with Crippen LogP contribution in [0.5, 0.6) is 0 Å². The van der Waals surface area contributed by atoms with Gasteiger partial charge in [0.25, 0.3) is 0 Å². The highest BCUT2D eigenvalue weighted by Crippen LogP contribution is 2.30. The first-order valence-electron chi connectivity index (χ1n) is 10.1. The molecule has 154 valence electrons. The zero-order valence-electron chi connectivity index (χ0n) is 18.3. The third kappa shape index (κ3) is 6.25. The van der Waals surface area contributed by atoms with E-state index in [0.717, 1.165) is 24.1 Å². The molecular formula is C23H32N6. The number of nitrogens with zero attached hydrogens (tertiary/aromatic N) is 3. The number of aromatic nitrogens is 3. The Kier molecular flexibility index (Phi) is 5.66. The number of piperidine rings is 1. The van der Waals surface area contributed by atoms with Crippen molar-refractivity contribution in [2.45, 2.75) is 77.0 Å². The minimum Gasteiger partial charge on any atom is -0.351 e. The molecule has 0 bridgehead atoms. The van der Waals surface area contributed by atoms with Crippen LogP contribution >= 0.6 is 0 Å². The second kappa shape index (κ2) is 7.74. The Balaban J connectivity index is 1.75. The van der Waals surface area contributed by atoms with E-state index in [1.165, 1.54) is 0 Å². The maximum Gasteiger partial charge on any atom is 0.223 e. The van der Waals surface area contributed by atoms with Gasteiger partial charge in [-0.25, -0.2) is 15.0 Å². The minimum absolute atomic E-state index is 0.0654. The fourth-order valence-corrected chi connectivity index (χ4v) is 4.04. The molecule has 0 spiro atoms. The molecule has 4 N–H and O–H groups in total. The third-order valence-corrected chi connectivity index (χ3v) is 4.75. The van der Waals surface area contributed by atoms with Crippen molar-refractivity contribution in [3.05, 3.63) is 36.3 Å². The summed E-state index contributed by atoms with van der Waals surface area (Å²) in [5, 5.41) is 7.23. The van der Waals surface area contributed by atoms with E-state index in [1.54, 1.807) is 12.4 Å². The number of anilines is 1. The van der Waals surface area contributed by atoms with Crippen molar-refractivity contribution in [2.24, 2.45) is 5.73 Å². The van der Waals surface area contributed by atoms with E-state index in [2.05, 4.69) is 60.1 Å². The van der Waals surface area contributed by atoms with Crippen LogP contribution in [0, 0.1) is 11.8 Å². The summed E-state index contributed by atoms with van der Waals surface area (Å²) in [7, 11) is 0. The molecule has 0 aliphatic carbocycles. The standard InChI is InChI=1S/C23H32N6/c1-21(2,24)11-9-17-8-7-16(15-26-17)19-10-12-25-20(28-19)27-18-13-22(3,4)29-23(5,6)14-18/h7-8,10,12,15,18,29H,13-14,24H2,1-6H3,(H,25,27,28). The topological polar surface area (TPSA) is 88.8 Å². The molecule has 1 fully saturated rings. The molecule has 6 nitrogen and oxygen atoms in total. The fraction of sp³-hybridized carbons (Fsp3) is 0.522. The Labute approximate surface area is 174 Å². The normalized spacial score (nSPS) is 18.6. The van der Waals surface area contributed by atoms with Crippen LogP contribution < -0.4 is 16.4 Å². The van der Waals surface area contributed by atoms with Crippen LogP contribution in [0.2, 0.25) is 0 Å². The van der Waals surface area contributed by atoms with E-state index in [9.17, 15) is 0 Å². The average molecular weight is 393 g/mol. The Morgan fingerprint density at radius 3 is 2.38 bits per heavy atom. The number of rotatable bonds is 3. The van der Waals surface area contributed by atoms with Crippen LogP contribution in [-0.2, 0) is 0 Å². The molecule has 6 heteroatoms. The van der Waals surface area contributed by atoms with Gasteiger partial charge in [0.1, 0.15) is 5.69 Å². The molecule has 3 heterocycles. The van der Waals surface area contributed by atoms with E-state index in [0.29, 0.717) is 17.7 Å². The van der Waals surface area contributed by atoms with Gasteiger partial charge in [0.15, 0.2) is 0 Å². The van der Waals surface area contributed by atoms with E-state index < -0.39 is 5.54 Å². The predicted molar refractivity (Wildman–Crippen MR) is 118 cm³/mol. The van der Waals surface area contributed by atoms with Gasteiger partial charge in [0.05, 0.1) is 11.2 Å². The molecule has 0 amide bonds. The third-order valence-electron chi connectivity index (χ3n) is 4.75. The van der Waals surface area contributed by atoms with Crippen LogP contribution in [0.1, 0.15) is 60.1 Å². The van der Waals surface area contributed by atoms with Gasteiger partial charge in [0, 0.05) is 35.1 Å². The molecule has 2 aromatic rings. The number of hydrogen-bond donors (Lipinski definition) is 3. The van der Waals surface area contributed by atoms with E-state index in [4.69, 9.17) is 10.7 Å². The van der Waals surface area contributed by atoms with Gasteiger partial charge in [-0.3, -0.25) is 0 Å². The lowest BCUT2D eigenvalue weighted by atomic mass is 9.80. The molecule has 1 saturated heterocycles. The first-order valence-corrected chi connectivity index (χ1v) is 10.1. The number of nitrogens with one attached hydrogen (secondary N) is 2. The van der Waals surface area contributed by atoms with Crippen molar-refractivity contribution < 1.29 is 0 Å². The van der Waals surface area contributed by atoms with Crippen LogP contribution in [0.3, 0.4) is 0 Å². The van der Waals surface area contributed by atoms with Gasteiger partial charge < -0.3 is 16.4 Å². The molecule has 2 aromatic heterocycles. The summed E-state index contributed by atoms with van der Waals surface area (Å²) in [6.45, 7) is 12.7. The summed E-state index contributed by atoms with van der Waals surface area (Å²) in [4.78, 5) is 13.6. The molecule has 3 rings (SSSR count). The molecular weight excluding hydrogens is 360 g/mol. The van der Waals surface area contributed by atoms with Crippen LogP contribution in [-0.4, -0.2) is 37.6 Å². The zero-order valence-corrected chi connectivity index (χ0v) is 18.3. The number of hydrogen-bond acceptors (Lipinski definition) is 6. The minimum atomic E-state index is -0.536. The lowest BCUT2D eigenvalue weighted by Gasteiger charge is -2.46. The van der Waals surface area contributed by atoms with E-state index in [1.807, 2.05) is 32.0 Å². The second-order valence-corrected chi connectivity index (χ2v) is 9.81. The Morgan fingerprint density at radius 1 is 1.10 bits per heavy atom. The van der Waals surface area contributed by atoms with Gasteiger partial charge in [0.2, 0.25) is 5.95 Å². The summed E-state index contributed by atoms with van der Waals surface area (Å²) in [6, 6.07) is 6.07. The van der Waals surface area contributed by atoms with Gasteiger partial charge in [-0.05, 0) is 78.5 Å². The molecule has 1 aliphatic heterocycles. The zero-order chi connectivity index (χ0) is 21.3. The Bertz CT molecular complexity index is 897. The second-order valence-electron chi connectivity index (χ2n) is 9.81. The van der Waals surface area contributed by atoms with Crippen molar-refractivity contribution in [3.8, 4) is 23.1 Å². The number of nitrogens with two attached hydrogens (primary N) is 1. The maximum absolute atomic E-state index is 5.90. The molecule has 0 radical (unpaired) electrons. The molecule has 29 heavy (non-hydrogen) atoms. The first kappa shape index (κ1) is 21.2. The predicted octanol–water partition coefficient (Wildman–Crippen LogP) is 3.35. The summed E-state index contributed by atoms with van der Waals surface area (Å²) in [5.41, 5.74) is 7.95. The van der Waals surface area contributed by atoms with E-state index >= 15 is 0 Å². The monoisotopic (exact) mass is 392 g/mol. The highest BCUT2D eigenvalue weighted by Gasteiger charge is 2.37. The lowest BCUT2D eigenvalue weighted by Crippen LogP contribution is -2.60. The van der Waals surface area contributed by atoms with Gasteiger partial charge in [-0.15, -0.1) is 0 Å². The molecule has 1 aliphatic rings. The summed E-state index contributed by atoms with van der Waals surface area (Å²) < 4.78 is 0. The van der Waals surface area contributed by atoms with Crippen molar-refractivity contribution in [1.82, 2.24) is 20.3 Å². The Morgan fingerprint density at radius 2 is 1.79 bits per heavy atom. The summed E-state index contributed by atoms with van der Waals surface area (Å²) in [6.07, 6.45) is 5.59. The molecule has 0 saturated carbocycles. The van der Waals surface area contributed by atoms with Gasteiger partial charge >= 0.3 is 0 Å². The van der Waals surface area contributed by atoms with Gasteiger partial charge in [-0.2, -0.15) is 0 Å². The fourth-order valence-electron chi connectivity index (χ4n) is 4.04. The van der Waals surface area contributed by atoms with Crippen LogP contribution in [0.4, 0.5) is 5.95 Å². The highest BCUT2D eigenvalue weighted by atomic mass is 15.1. The molecule has 0 atom stereocenters. The Hall–Kier alpha value is -2.49. The first-order chi connectivity index (χ1) is 13.4. The lowest BCUT2D eigenvalue weighted by molar-refractivity contribution is 0.170. The summed E-state index contributed by atoms with van der Waals surface area (Å²) >= 11 is 0. The van der Waals surface area contributed by atoms with Crippen molar-refractivity contribution >= 4 is 5.95 Å². The van der Waals surface area contributed by atoms with Crippen molar-refractivity contribution in [1.29, 1.82) is 0 Å². The summed E-state index contributed by atoms with van der Waals surface area (Å²) in [5.74, 6) is 6.64.